The first-order chi connectivity index (χ1) is 22.1. The summed E-state index contributed by atoms with van der Waals surface area (Å²) < 4.78 is 39.8. The molecule has 1 fully saturated rings. The highest BCUT2D eigenvalue weighted by molar-refractivity contribution is 5.90. The fourth-order valence-electron chi connectivity index (χ4n) is 5.98. The van der Waals surface area contributed by atoms with E-state index in [4.69, 9.17) is 0 Å². The number of amides is 3. The maximum Gasteiger partial charge on any atom is 0.416 e. The van der Waals surface area contributed by atoms with Gasteiger partial charge in [0.2, 0.25) is 5.91 Å². The van der Waals surface area contributed by atoms with Crippen LogP contribution in [0.1, 0.15) is 48.6 Å². The number of hydrogen-bond acceptors (Lipinski definition) is 3. The second-order valence-electron chi connectivity index (χ2n) is 11.9. The molecule has 0 unspecified atom stereocenters. The van der Waals surface area contributed by atoms with E-state index in [9.17, 15) is 22.8 Å². The van der Waals surface area contributed by atoms with Crippen molar-refractivity contribution < 1.29 is 22.8 Å². The molecule has 1 N–H and O–H groups in total. The van der Waals surface area contributed by atoms with Crippen LogP contribution in [0.25, 0.3) is 10.8 Å². The standard InChI is InChI=1S/C37H41F3N4O2/c1-3-42-20-22-43(23-21-42)35(45)25-29-13-17-34(18-14-29)41-36(46)44(19-7-9-28-8-6-12-33(24-28)37(38,39)40)27(2)31-16-15-30-10-4-5-11-32(30)26-31/h4-6,8,10-18,24,26-27H,3,7,9,19-23,25H2,1-2H3,(H,41,46)/t27-/m1/s1. The van der Waals surface area contributed by atoms with E-state index in [0.717, 1.165) is 60.7 Å². The average molecular weight is 631 g/mol. The van der Waals surface area contributed by atoms with Crippen molar-refractivity contribution in [3.8, 4) is 0 Å². The van der Waals surface area contributed by atoms with Crippen molar-refractivity contribution in [3.63, 3.8) is 0 Å². The van der Waals surface area contributed by atoms with Crippen LogP contribution in [-0.2, 0) is 23.8 Å². The molecule has 3 amide bonds. The zero-order valence-electron chi connectivity index (χ0n) is 26.4. The van der Waals surface area contributed by atoms with Gasteiger partial charge < -0.3 is 20.0 Å². The van der Waals surface area contributed by atoms with Gasteiger partial charge in [-0.15, -0.1) is 0 Å². The normalized spacial score (nSPS) is 14.7. The minimum atomic E-state index is -4.40. The molecule has 0 aromatic heterocycles. The molecule has 242 valence electrons. The van der Waals surface area contributed by atoms with Gasteiger partial charge in [-0.1, -0.05) is 73.7 Å². The van der Waals surface area contributed by atoms with Crippen molar-refractivity contribution in [2.45, 2.75) is 45.3 Å². The highest BCUT2D eigenvalue weighted by Gasteiger charge is 2.30. The van der Waals surface area contributed by atoms with Gasteiger partial charge in [-0.25, -0.2) is 4.79 Å². The molecule has 9 heteroatoms. The highest BCUT2D eigenvalue weighted by Crippen LogP contribution is 2.30. The molecule has 1 aliphatic rings. The van der Waals surface area contributed by atoms with Gasteiger partial charge in [0, 0.05) is 38.4 Å². The molecule has 1 aliphatic heterocycles. The lowest BCUT2D eigenvalue weighted by Crippen LogP contribution is -2.48. The van der Waals surface area contributed by atoms with Crippen molar-refractivity contribution in [2.75, 3.05) is 44.6 Å². The number of likely N-dealkylation sites (N-methyl/N-ethyl adjacent to an activating group) is 1. The Hall–Kier alpha value is -4.37. The van der Waals surface area contributed by atoms with Crippen LogP contribution in [0.5, 0.6) is 0 Å². The lowest BCUT2D eigenvalue weighted by Gasteiger charge is -2.34. The molecule has 0 bridgehead atoms. The molecule has 46 heavy (non-hydrogen) atoms. The number of fused-ring (bicyclic) bond motifs is 1. The number of urea groups is 1. The summed E-state index contributed by atoms with van der Waals surface area (Å²) in [6.45, 7) is 8.67. The second kappa shape index (κ2) is 14.8. The van der Waals surface area contributed by atoms with Gasteiger partial charge in [-0.2, -0.15) is 13.2 Å². The Balaban J connectivity index is 1.26. The van der Waals surface area contributed by atoms with Crippen LogP contribution in [0.3, 0.4) is 0 Å². The summed E-state index contributed by atoms with van der Waals surface area (Å²) in [7, 11) is 0. The Labute approximate surface area is 268 Å². The summed E-state index contributed by atoms with van der Waals surface area (Å²) in [5.74, 6) is 0.101. The van der Waals surface area contributed by atoms with Crippen LogP contribution < -0.4 is 5.32 Å². The van der Waals surface area contributed by atoms with Crippen LogP contribution in [0.4, 0.5) is 23.7 Å². The number of aryl methyl sites for hydroxylation is 1. The Bertz CT molecular complexity index is 1630. The van der Waals surface area contributed by atoms with Crippen molar-refractivity contribution in [1.29, 1.82) is 0 Å². The van der Waals surface area contributed by atoms with Gasteiger partial charge >= 0.3 is 12.2 Å². The molecule has 1 saturated heterocycles. The van der Waals surface area contributed by atoms with E-state index in [-0.39, 0.29) is 18.0 Å². The predicted molar refractivity (Wildman–Crippen MR) is 177 cm³/mol. The number of rotatable bonds is 10. The van der Waals surface area contributed by atoms with Crippen molar-refractivity contribution >= 4 is 28.4 Å². The van der Waals surface area contributed by atoms with Crippen LogP contribution in [0, 0.1) is 0 Å². The van der Waals surface area contributed by atoms with E-state index in [1.807, 2.05) is 60.4 Å². The highest BCUT2D eigenvalue weighted by atomic mass is 19.4. The number of piperazine rings is 1. The van der Waals surface area contributed by atoms with E-state index >= 15 is 0 Å². The van der Waals surface area contributed by atoms with Gasteiger partial charge in [-0.3, -0.25) is 4.79 Å². The summed E-state index contributed by atoms with van der Waals surface area (Å²) in [5.41, 5.74) is 2.34. The molecule has 1 atom stereocenters. The number of anilines is 1. The lowest BCUT2D eigenvalue weighted by molar-refractivity contribution is -0.137. The number of carbonyl (C=O) groups is 2. The molecule has 0 spiro atoms. The predicted octanol–water partition coefficient (Wildman–Crippen LogP) is 7.79. The van der Waals surface area contributed by atoms with Gasteiger partial charge in [0.1, 0.15) is 0 Å². The van der Waals surface area contributed by atoms with E-state index in [1.54, 1.807) is 23.1 Å². The molecule has 6 nitrogen and oxygen atoms in total. The second-order valence-corrected chi connectivity index (χ2v) is 11.9. The van der Waals surface area contributed by atoms with Crippen molar-refractivity contribution in [2.24, 2.45) is 0 Å². The van der Waals surface area contributed by atoms with Crippen LogP contribution in [-0.4, -0.2) is 65.9 Å². The van der Waals surface area contributed by atoms with Gasteiger partial charge in [0.25, 0.3) is 0 Å². The number of nitrogens with one attached hydrogen (secondary N) is 1. The van der Waals surface area contributed by atoms with Gasteiger partial charge in [-0.05, 0) is 78.0 Å². The average Bonchev–Trinajstić information content (AvgIpc) is 3.06. The third-order valence-corrected chi connectivity index (χ3v) is 8.84. The number of halogens is 3. The molecular formula is C37H41F3N4O2. The van der Waals surface area contributed by atoms with Crippen LogP contribution in [0.2, 0.25) is 0 Å². The minimum absolute atomic E-state index is 0.101. The molecule has 4 aromatic carbocycles. The maximum absolute atomic E-state index is 13.7. The summed E-state index contributed by atoms with van der Waals surface area (Å²) in [4.78, 5) is 32.6. The molecule has 0 radical (unpaired) electrons. The molecule has 4 aromatic rings. The molecular weight excluding hydrogens is 589 g/mol. The van der Waals surface area contributed by atoms with Crippen LogP contribution in [0.15, 0.2) is 91.0 Å². The molecule has 0 aliphatic carbocycles. The van der Waals surface area contributed by atoms with E-state index in [2.05, 4.69) is 23.2 Å². The Morgan fingerprint density at radius 1 is 0.848 bits per heavy atom. The molecule has 0 saturated carbocycles. The lowest BCUT2D eigenvalue weighted by atomic mass is 10.0. The smallest absolute Gasteiger partial charge is 0.340 e. The number of hydrogen-bond donors (Lipinski definition) is 1. The van der Waals surface area contributed by atoms with Gasteiger partial charge in [0.15, 0.2) is 0 Å². The third kappa shape index (κ3) is 8.46. The summed E-state index contributed by atoms with van der Waals surface area (Å²) in [6, 6.07) is 26.2. The zero-order chi connectivity index (χ0) is 32.7. The first kappa shape index (κ1) is 33.0. The van der Waals surface area contributed by atoms with Crippen molar-refractivity contribution in [1.82, 2.24) is 14.7 Å². The van der Waals surface area contributed by atoms with Crippen LogP contribution >= 0.6 is 0 Å². The third-order valence-electron chi connectivity index (χ3n) is 8.84. The quantitative estimate of drug-likeness (QED) is 0.195. The van der Waals surface area contributed by atoms with Gasteiger partial charge in [0.05, 0.1) is 18.0 Å². The summed E-state index contributed by atoms with van der Waals surface area (Å²) in [5, 5.41) is 5.16. The monoisotopic (exact) mass is 630 g/mol. The minimum Gasteiger partial charge on any atom is -0.340 e. The Morgan fingerprint density at radius 2 is 1.57 bits per heavy atom. The van der Waals surface area contributed by atoms with Crippen molar-refractivity contribution in [3.05, 3.63) is 113 Å². The number of carbonyl (C=O) groups excluding carboxylic acids is 2. The fraction of sp³-hybridized carbons (Fsp3) is 0.351. The topological polar surface area (TPSA) is 55.9 Å². The zero-order valence-corrected chi connectivity index (χ0v) is 26.4. The number of nitrogens with zero attached hydrogens (tertiary/aromatic N) is 3. The first-order valence-electron chi connectivity index (χ1n) is 15.9. The van der Waals surface area contributed by atoms with E-state index < -0.39 is 11.7 Å². The summed E-state index contributed by atoms with van der Waals surface area (Å²) in [6.07, 6.45) is -3.21. The maximum atomic E-state index is 13.7. The SMILES string of the molecule is CCN1CCN(C(=O)Cc2ccc(NC(=O)N(CCCc3cccc(C(F)(F)F)c3)[C@H](C)c3ccc4ccccc4c3)cc2)CC1. The molecule has 1 heterocycles. The molecule has 5 rings (SSSR count). The summed E-state index contributed by atoms with van der Waals surface area (Å²) >= 11 is 0. The first-order valence-corrected chi connectivity index (χ1v) is 15.9. The fourth-order valence-corrected chi connectivity index (χ4v) is 5.98. The van der Waals surface area contributed by atoms with E-state index in [1.165, 1.54) is 12.1 Å². The number of alkyl halides is 3. The largest absolute Gasteiger partial charge is 0.416 e. The number of benzene rings is 4. The van der Waals surface area contributed by atoms with E-state index in [0.29, 0.717) is 37.1 Å². The Kier molecular flexibility index (Phi) is 10.6. The Morgan fingerprint density at radius 3 is 2.26 bits per heavy atom.